The SMILES string of the molecule is CC1(C)OB(c2cc(Cl)c(-c3cccc(C#N)c3)cc2-c2ccccc2)OC1(C)C. The summed E-state index contributed by atoms with van der Waals surface area (Å²) >= 11 is 6.75. The van der Waals surface area contributed by atoms with E-state index in [0.717, 1.165) is 27.7 Å². The average molecular weight is 416 g/mol. The lowest BCUT2D eigenvalue weighted by Crippen LogP contribution is -2.41. The lowest BCUT2D eigenvalue weighted by molar-refractivity contribution is 0.00578. The van der Waals surface area contributed by atoms with E-state index in [2.05, 4.69) is 24.3 Å². The maximum Gasteiger partial charge on any atom is 0.495 e. The number of hydrogen-bond donors (Lipinski definition) is 0. The fourth-order valence-corrected chi connectivity index (χ4v) is 3.88. The first kappa shape index (κ1) is 20.7. The third-order valence-corrected chi connectivity index (χ3v) is 6.35. The number of benzene rings is 3. The summed E-state index contributed by atoms with van der Waals surface area (Å²) in [5.74, 6) is 0. The Morgan fingerprint density at radius 3 is 2.07 bits per heavy atom. The van der Waals surface area contributed by atoms with Crippen LogP contribution in [0.2, 0.25) is 5.02 Å². The van der Waals surface area contributed by atoms with Crippen molar-refractivity contribution < 1.29 is 9.31 Å². The minimum absolute atomic E-state index is 0.447. The number of rotatable bonds is 3. The summed E-state index contributed by atoms with van der Waals surface area (Å²) in [6.07, 6.45) is 0. The zero-order valence-electron chi connectivity index (χ0n) is 17.6. The van der Waals surface area contributed by atoms with Gasteiger partial charge in [-0.2, -0.15) is 5.26 Å². The molecule has 0 aromatic heterocycles. The molecule has 0 atom stereocenters. The van der Waals surface area contributed by atoms with Crippen LogP contribution in [0.1, 0.15) is 33.3 Å². The molecule has 1 fully saturated rings. The lowest BCUT2D eigenvalue weighted by atomic mass is 9.73. The molecule has 1 saturated heterocycles. The second-order valence-electron chi connectivity index (χ2n) is 8.57. The number of hydrogen-bond acceptors (Lipinski definition) is 3. The predicted octanol–water partition coefficient (Wildman–Crippen LogP) is 5.84. The zero-order chi connectivity index (χ0) is 21.5. The molecule has 0 amide bonds. The molecule has 0 aliphatic carbocycles. The summed E-state index contributed by atoms with van der Waals surface area (Å²) in [7, 11) is -0.526. The first-order valence-corrected chi connectivity index (χ1v) is 10.3. The molecule has 4 rings (SSSR count). The summed E-state index contributed by atoms with van der Waals surface area (Å²) in [6.45, 7) is 8.16. The van der Waals surface area contributed by atoms with Crippen molar-refractivity contribution in [1.82, 2.24) is 0 Å². The van der Waals surface area contributed by atoms with Crippen molar-refractivity contribution in [1.29, 1.82) is 5.26 Å². The van der Waals surface area contributed by atoms with Crippen molar-refractivity contribution in [2.75, 3.05) is 0 Å². The van der Waals surface area contributed by atoms with E-state index in [1.54, 1.807) is 6.07 Å². The van der Waals surface area contributed by atoms with Crippen molar-refractivity contribution in [3.63, 3.8) is 0 Å². The van der Waals surface area contributed by atoms with Crippen molar-refractivity contribution >= 4 is 24.2 Å². The third kappa shape index (κ3) is 3.65. The van der Waals surface area contributed by atoms with Crippen LogP contribution in [0.15, 0.2) is 66.7 Å². The third-order valence-electron chi connectivity index (χ3n) is 6.03. The van der Waals surface area contributed by atoms with Crippen LogP contribution in [0.3, 0.4) is 0 Å². The smallest absolute Gasteiger partial charge is 0.399 e. The summed E-state index contributed by atoms with van der Waals surface area (Å²) in [5.41, 5.74) is 4.41. The Hall–Kier alpha value is -2.58. The van der Waals surface area contributed by atoms with Crippen LogP contribution < -0.4 is 5.46 Å². The fourth-order valence-electron chi connectivity index (χ4n) is 3.60. The van der Waals surface area contributed by atoms with Crippen molar-refractivity contribution in [3.05, 3.63) is 77.3 Å². The standard InChI is InChI=1S/C25H23BClNO2/c1-24(2)25(3,4)30-26(29-24)22-15-23(27)21(19-12-8-9-17(13-19)16-28)14-20(22)18-10-6-5-7-11-18/h5-15H,1-4H3. The van der Waals surface area contributed by atoms with Gasteiger partial charge in [-0.15, -0.1) is 0 Å². The molecule has 0 saturated carbocycles. The van der Waals surface area contributed by atoms with Crippen LogP contribution in [0, 0.1) is 11.3 Å². The molecule has 0 N–H and O–H groups in total. The molecule has 30 heavy (non-hydrogen) atoms. The van der Waals surface area contributed by atoms with E-state index in [4.69, 9.17) is 20.9 Å². The highest BCUT2D eigenvalue weighted by Crippen LogP contribution is 2.39. The van der Waals surface area contributed by atoms with Crippen LogP contribution in [-0.4, -0.2) is 18.3 Å². The van der Waals surface area contributed by atoms with Gasteiger partial charge in [-0.05, 0) is 74.1 Å². The highest BCUT2D eigenvalue weighted by atomic mass is 35.5. The maximum absolute atomic E-state index is 9.28. The Balaban J connectivity index is 1.89. The normalized spacial score (nSPS) is 17.0. The lowest BCUT2D eigenvalue weighted by Gasteiger charge is -2.32. The van der Waals surface area contributed by atoms with Crippen LogP contribution in [-0.2, 0) is 9.31 Å². The van der Waals surface area contributed by atoms with Gasteiger partial charge in [0.2, 0.25) is 0 Å². The molecule has 0 spiro atoms. The Kier molecular flexibility index (Phi) is 5.24. The largest absolute Gasteiger partial charge is 0.495 e. The second kappa shape index (κ2) is 7.59. The minimum Gasteiger partial charge on any atom is -0.399 e. The highest BCUT2D eigenvalue weighted by Gasteiger charge is 2.52. The summed E-state index contributed by atoms with van der Waals surface area (Å²) in [4.78, 5) is 0. The monoisotopic (exact) mass is 415 g/mol. The topological polar surface area (TPSA) is 42.2 Å². The van der Waals surface area contributed by atoms with Crippen LogP contribution >= 0.6 is 11.6 Å². The van der Waals surface area contributed by atoms with E-state index in [9.17, 15) is 5.26 Å². The molecule has 1 aliphatic rings. The first-order chi connectivity index (χ1) is 14.2. The van der Waals surface area contributed by atoms with E-state index in [0.29, 0.717) is 10.6 Å². The van der Waals surface area contributed by atoms with E-state index >= 15 is 0 Å². The second-order valence-corrected chi connectivity index (χ2v) is 8.97. The van der Waals surface area contributed by atoms with Gasteiger partial charge in [-0.3, -0.25) is 0 Å². The van der Waals surface area contributed by atoms with Gasteiger partial charge in [-0.25, -0.2) is 0 Å². The van der Waals surface area contributed by atoms with Crippen LogP contribution in [0.25, 0.3) is 22.3 Å². The molecule has 3 nitrogen and oxygen atoms in total. The quantitative estimate of drug-likeness (QED) is 0.504. The molecular formula is C25H23BClNO2. The highest BCUT2D eigenvalue weighted by molar-refractivity contribution is 6.64. The Bertz CT molecular complexity index is 1120. The van der Waals surface area contributed by atoms with Crippen molar-refractivity contribution in [2.24, 2.45) is 0 Å². The summed E-state index contributed by atoms with van der Waals surface area (Å²) < 4.78 is 12.7. The van der Waals surface area contributed by atoms with Crippen LogP contribution in [0.5, 0.6) is 0 Å². The van der Waals surface area contributed by atoms with Crippen molar-refractivity contribution in [3.8, 4) is 28.3 Å². The van der Waals surface area contributed by atoms with E-state index < -0.39 is 18.3 Å². The van der Waals surface area contributed by atoms with Gasteiger partial charge < -0.3 is 9.31 Å². The maximum atomic E-state index is 9.28. The van der Waals surface area contributed by atoms with Gasteiger partial charge in [-0.1, -0.05) is 54.1 Å². The molecule has 1 heterocycles. The average Bonchev–Trinajstić information content (AvgIpc) is 2.95. The molecule has 3 aromatic carbocycles. The van der Waals surface area contributed by atoms with E-state index in [1.165, 1.54) is 0 Å². The summed E-state index contributed by atoms with van der Waals surface area (Å²) in [6, 6.07) is 23.8. The number of nitrogens with zero attached hydrogens (tertiary/aromatic N) is 1. The Labute approximate surface area is 183 Å². The van der Waals surface area contributed by atoms with E-state index in [1.807, 2.05) is 70.2 Å². The Morgan fingerprint density at radius 2 is 1.43 bits per heavy atom. The molecule has 5 heteroatoms. The van der Waals surface area contributed by atoms with Gasteiger partial charge in [0.15, 0.2) is 0 Å². The van der Waals surface area contributed by atoms with Gasteiger partial charge in [0.1, 0.15) is 0 Å². The van der Waals surface area contributed by atoms with Gasteiger partial charge >= 0.3 is 7.12 Å². The van der Waals surface area contributed by atoms with Gasteiger partial charge in [0, 0.05) is 10.6 Å². The molecule has 3 aromatic rings. The molecule has 0 unspecified atom stereocenters. The van der Waals surface area contributed by atoms with Gasteiger partial charge in [0.25, 0.3) is 0 Å². The molecule has 1 aliphatic heterocycles. The Morgan fingerprint density at radius 1 is 0.800 bits per heavy atom. The summed E-state index contributed by atoms with van der Waals surface area (Å²) in [5, 5.41) is 9.87. The first-order valence-electron chi connectivity index (χ1n) is 9.97. The number of halogens is 1. The van der Waals surface area contributed by atoms with Gasteiger partial charge in [0.05, 0.1) is 22.8 Å². The fraction of sp³-hybridized carbons (Fsp3) is 0.240. The minimum atomic E-state index is -0.526. The number of nitriles is 1. The molecular weight excluding hydrogens is 393 g/mol. The molecule has 0 radical (unpaired) electrons. The van der Waals surface area contributed by atoms with Crippen molar-refractivity contribution in [2.45, 2.75) is 38.9 Å². The van der Waals surface area contributed by atoms with Crippen LogP contribution in [0.4, 0.5) is 0 Å². The zero-order valence-corrected chi connectivity index (χ0v) is 18.3. The predicted molar refractivity (Wildman–Crippen MR) is 123 cm³/mol. The van der Waals surface area contributed by atoms with E-state index in [-0.39, 0.29) is 0 Å². The molecule has 150 valence electrons. The molecule has 0 bridgehead atoms.